The van der Waals surface area contributed by atoms with Gasteiger partial charge in [0, 0.05) is 65.3 Å². The van der Waals surface area contributed by atoms with E-state index in [1.807, 2.05) is 6.07 Å². The Labute approximate surface area is 121 Å². The lowest BCUT2D eigenvalue weighted by Gasteiger charge is -2.32. The highest BCUT2D eigenvalue weighted by Crippen LogP contribution is 2.20. The normalized spacial score (nSPS) is 25.9. The average Bonchev–Trinajstić information content (AvgIpc) is 2.96. The van der Waals surface area contributed by atoms with Crippen molar-refractivity contribution in [2.45, 2.75) is 18.9 Å². The summed E-state index contributed by atoms with van der Waals surface area (Å²) in [6.45, 7) is 5.34. The first kappa shape index (κ1) is 15.7. The highest BCUT2D eigenvalue weighted by atomic mass is 32.2. The third-order valence-corrected chi connectivity index (χ3v) is 6.01. The molecule has 1 unspecified atom stereocenters. The predicted octanol–water partition coefficient (Wildman–Crippen LogP) is -0.944. The Bertz CT molecular complexity index is 455. The fourth-order valence-electron chi connectivity index (χ4n) is 2.79. The number of nitrogens with zero attached hydrogens (tertiary/aromatic N) is 4. The fourth-order valence-corrected chi connectivity index (χ4v) is 4.20. The molecule has 0 spiro atoms. The summed E-state index contributed by atoms with van der Waals surface area (Å²) in [6.07, 6.45) is 1.12. The van der Waals surface area contributed by atoms with Gasteiger partial charge in [0.15, 0.2) is 0 Å². The van der Waals surface area contributed by atoms with Gasteiger partial charge >= 0.3 is 0 Å². The maximum Gasteiger partial charge on any atom is 0.281 e. The highest BCUT2D eigenvalue weighted by Gasteiger charge is 2.36. The average molecular weight is 301 g/mol. The second kappa shape index (κ2) is 6.83. The first-order valence-corrected chi connectivity index (χ1v) is 8.48. The topological polar surface area (TPSA) is 79.7 Å². The molecule has 1 N–H and O–H groups in total. The van der Waals surface area contributed by atoms with Crippen LogP contribution in [0.5, 0.6) is 0 Å². The lowest BCUT2D eigenvalue weighted by atomic mass is 10.2. The molecule has 20 heavy (non-hydrogen) atoms. The molecule has 1 atom stereocenters. The Morgan fingerprint density at radius 2 is 2.05 bits per heavy atom. The second-order valence-corrected chi connectivity index (χ2v) is 7.36. The SMILES string of the molecule is CN(CCC#N)S(=O)(=O)N1CCC(N2CCNCC2)C1. The Morgan fingerprint density at radius 1 is 1.35 bits per heavy atom. The van der Waals surface area contributed by atoms with Gasteiger partial charge in [0.25, 0.3) is 10.2 Å². The van der Waals surface area contributed by atoms with Gasteiger partial charge in [-0.2, -0.15) is 22.3 Å². The first-order chi connectivity index (χ1) is 9.55. The zero-order valence-electron chi connectivity index (χ0n) is 12.0. The smallest absolute Gasteiger partial charge is 0.281 e. The van der Waals surface area contributed by atoms with Crippen LogP contribution in [0.2, 0.25) is 0 Å². The van der Waals surface area contributed by atoms with Crippen molar-refractivity contribution in [1.82, 2.24) is 18.8 Å². The summed E-state index contributed by atoms with van der Waals surface area (Å²) in [5.41, 5.74) is 0. The Balaban J connectivity index is 1.92. The number of hydrogen-bond donors (Lipinski definition) is 1. The number of hydrogen-bond acceptors (Lipinski definition) is 5. The van der Waals surface area contributed by atoms with Gasteiger partial charge in [-0.1, -0.05) is 0 Å². The largest absolute Gasteiger partial charge is 0.314 e. The molecule has 2 saturated heterocycles. The Morgan fingerprint density at radius 3 is 2.70 bits per heavy atom. The van der Waals surface area contributed by atoms with E-state index < -0.39 is 10.2 Å². The molecule has 0 aromatic heterocycles. The molecule has 2 aliphatic rings. The van der Waals surface area contributed by atoms with Crippen molar-refractivity contribution >= 4 is 10.2 Å². The summed E-state index contributed by atoms with van der Waals surface area (Å²) in [6, 6.07) is 2.31. The van der Waals surface area contributed by atoms with E-state index in [1.165, 1.54) is 4.31 Å². The zero-order valence-corrected chi connectivity index (χ0v) is 12.8. The van der Waals surface area contributed by atoms with Crippen LogP contribution < -0.4 is 5.32 Å². The summed E-state index contributed by atoms with van der Waals surface area (Å²) < 4.78 is 27.6. The molecule has 2 fully saturated rings. The van der Waals surface area contributed by atoms with Crippen LogP contribution in [-0.4, -0.2) is 80.8 Å². The van der Waals surface area contributed by atoms with Crippen LogP contribution >= 0.6 is 0 Å². The summed E-state index contributed by atoms with van der Waals surface area (Å²) in [5, 5.41) is 11.9. The Hall–Kier alpha value is -0.720. The lowest BCUT2D eigenvalue weighted by Crippen LogP contribution is -2.50. The number of nitriles is 1. The van der Waals surface area contributed by atoms with Gasteiger partial charge in [-0.15, -0.1) is 0 Å². The molecule has 0 saturated carbocycles. The molecule has 0 aromatic carbocycles. The van der Waals surface area contributed by atoms with Crippen LogP contribution in [-0.2, 0) is 10.2 Å². The molecule has 7 nitrogen and oxygen atoms in total. The van der Waals surface area contributed by atoms with E-state index in [2.05, 4.69) is 10.2 Å². The fraction of sp³-hybridized carbons (Fsp3) is 0.917. The number of piperazine rings is 1. The molecule has 0 aliphatic carbocycles. The minimum atomic E-state index is -3.41. The van der Waals surface area contributed by atoms with Gasteiger partial charge in [0.1, 0.15) is 0 Å². The van der Waals surface area contributed by atoms with Crippen molar-refractivity contribution in [1.29, 1.82) is 5.26 Å². The van der Waals surface area contributed by atoms with Crippen LogP contribution in [0.15, 0.2) is 0 Å². The van der Waals surface area contributed by atoms with E-state index in [-0.39, 0.29) is 13.0 Å². The molecule has 114 valence electrons. The zero-order chi connectivity index (χ0) is 14.6. The predicted molar refractivity (Wildman–Crippen MR) is 76.2 cm³/mol. The molecule has 0 amide bonds. The summed E-state index contributed by atoms with van der Waals surface area (Å²) >= 11 is 0. The summed E-state index contributed by atoms with van der Waals surface area (Å²) in [4.78, 5) is 2.38. The maximum absolute atomic E-state index is 12.4. The van der Waals surface area contributed by atoms with E-state index in [0.717, 1.165) is 32.6 Å². The molecule has 2 heterocycles. The van der Waals surface area contributed by atoms with Gasteiger partial charge in [0.05, 0.1) is 6.07 Å². The van der Waals surface area contributed by atoms with Gasteiger partial charge in [-0.05, 0) is 6.42 Å². The summed E-state index contributed by atoms with van der Waals surface area (Å²) in [5.74, 6) is 0. The van der Waals surface area contributed by atoms with Crippen LogP contribution in [0.1, 0.15) is 12.8 Å². The molecular formula is C12H23N5O2S. The standard InChI is InChI=1S/C12H23N5O2S/c1-15(7-2-4-13)20(18,19)17-8-3-12(11-17)16-9-5-14-6-10-16/h12,14H,2-3,5-11H2,1H3. The number of rotatable bonds is 5. The molecule has 0 radical (unpaired) electrons. The molecule has 0 aromatic rings. The molecule has 8 heteroatoms. The number of nitrogens with one attached hydrogen (secondary N) is 1. The highest BCUT2D eigenvalue weighted by molar-refractivity contribution is 7.86. The Kier molecular flexibility index (Phi) is 5.35. The lowest BCUT2D eigenvalue weighted by molar-refractivity contribution is 0.179. The molecule has 0 bridgehead atoms. The van der Waals surface area contributed by atoms with Crippen molar-refractivity contribution in [3.8, 4) is 6.07 Å². The van der Waals surface area contributed by atoms with Crippen LogP contribution in [0, 0.1) is 11.3 Å². The minimum absolute atomic E-state index is 0.227. The monoisotopic (exact) mass is 301 g/mol. The van der Waals surface area contributed by atoms with E-state index in [4.69, 9.17) is 5.26 Å². The van der Waals surface area contributed by atoms with Crippen LogP contribution in [0.3, 0.4) is 0 Å². The first-order valence-electron chi connectivity index (χ1n) is 7.09. The van der Waals surface area contributed by atoms with E-state index in [0.29, 0.717) is 19.1 Å². The minimum Gasteiger partial charge on any atom is -0.314 e. The summed E-state index contributed by atoms with van der Waals surface area (Å²) in [7, 11) is -1.86. The van der Waals surface area contributed by atoms with Gasteiger partial charge < -0.3 is 5.32 Å². The van der Waals surface area contributed by atoms with E-state index in [9.17, 15) is 8.42 Å². The van der Waals surface area contributed by atoms with Crippen molar-refractivity contribution < 1.29 is 8.42 Å². The van der Waals surface area contributed by atoms with Crippen molar-refractivity contribution in [3.05, 3.63) is 0 Å². The van der Waals surface area contributed by atoms with E-state index >= 15 is 0 Å². The second-order valence-electron chi connectivity index (χ2n) is 5.32. The quantitative estimate of drug-likeness (QED) is 0.709. The van der Waals surface area contributed by atoms with Gasteiger partial charge in [0.2, 0.25) is 0 Å². The van der Waals surface area contributed by atoms with Gasteiger partial charge in [-0.3, -0.25) is 4.90 Å². The molecule has 2 rings (SSSR count). The van der Waals surface area contributed by atoms with Crippen molar-refractivity contribution in [3.63, 3.8) is 0 Å². The molecule has 2 aliphatic heterocycles. The third-order valence-electron chi connectivity index (χ3n) is 4.05. The van der Waals surface area contributed by atoms with Crippen LogP contribution in [0.4, 0.5) is 0 Å². The van der Waals surface area contributed by atoms with E-state index in [1.54, 1.807) is 11.4 Å². The molecular weight excluding hydrogens is 278 g/mol. The maximum atomic E-state index is 12.4. The third kappa shape index (κ3) is 3.48. The van der Waals surface area contributed by atoms with Crippen molar-refractivity contribution in [2.24, 2.45) is 0 Å². The van der Waals surface area contributed by atoms with Crippen LogP contribution in [0.25, 0.3) is 0 Å². The van der Waals surface area contributed by atoms with Crippen molar-refractivity contribution in [2.75, 3.05) is 52.9 Å². The van der Waals surface area contributed by atoms with Gasteiger partial charge in [-0.25, -0.2) is 0 Å².